The Morgan fingerprint density at radius 3 is 2.93 bits per heavy atom. The highest BCUT2D eigenvalue weighted by Gasteiger charge is 2.08. The lowest BCUT2D eigenvalue weighted by atomic mass is 10.3. The van der Waals surface area contributed by atoms with Crippen molar-refractivity contribution in [3.63, 3.8) is 0 Å². The summed E-state index contributed by atoms with van der Waals surface area (Å²) in [4.78, 5) is 1.30. The molecule has 0 aromatic carbocycles. The van der Waals surface area contributed by atoms with Gasteiger partial charge < -0.3 is 5.32 Å². The van der Waals surface area contributed by atoms with Crippen LogP contribution in [0.2, 0.25) is 0 Å². The SMILES string of the molecule is CC(Nc1ccn(C)n1)c1cc(Br)cs1. The van der Waals surface area contributed by atoms with E-state index in [2.05, 4.69) is 44.7 Å². The Bertz CT molecular complexity index is 449. The topological polar surface area (TPSA) is 29.9 Å². The molecule has 15 heavy (non-hydrogen) atoms. The maximum atomic E-state index is 4.28. The molecular formula is C10H12BrN3S. The Kier molecular flexibility index (Phi) is 3.11. The fraction of sp³-hybridized carbons (Fsp3) is 0.300. The van der Waals surface area contributed by atoms with Gasteiger partial charge >= 0.3 is 0 Å². The number of thiophene rings is 1. The highest BCUT2D eigenvalue weighted by atomic mass is 79.9. The van der Waals surface area contributed by atoms with Crippen LogP contribution in [0.1, 0.15) is 17.8 Å². The van der Waals surface area contributed by atoms with Crippen molar-refractivity contribution in [3.05, 3.63) is 33.1 Å². The lowest BCUT2D eigenvalue weighted by Gasteiger charge is -2.10. The molecule has 0 saturated carbocycles. The van der Waals surface area contributed by atoms with Gasteiger partial charge in [0, 0.05) is 34.0 Å². The van der Waals surface area contributed by atoms with Gasteiger partial charge in [-0.2, -0.15) is 5.10 Å². The molecule has 0 saturated heterocycles. The van der Waals surface area contributed by atoms with Crippen LogP contribution in [0.15, 0.2) is 28.2 Å². The van der Waals surface area contributed by atoms with Crippen molar-refractivity contribution in [2.75, 3.05) is 5.32 Å². The van der Waals surface area contributed by atoms with E-state index in [0.717, 1.165) is 10.3 Å². The highest BCUT2D eigenvalue weighted by Crippen LogP contribution is 2.27. The number of hydrogen-bond donors (Lipinski definition) is 1. The summed E-state index contributed by atoms with van der Waals surface area (Å²) in [6.45, 7) is 2.13. The van der Waals surface area contributed by atoms with E-state index in [-0.39, 0.29) is 6.04 Å². The van der Waals surface area contributed by atoms with Crippen LogP contribution in [0, 0.1) is 0 Å². The number of hydrogen-bond acceptors (Lipinski definition) is 3. The summed E-state index contributed by atoms with van der Waals surface area (Å²) in [6.07, 6.45) is 1.93. The summed E-state index contributed by atoms with van der Waals surface area (Å²) in [5, 5.41) is 9.72. The standard InChI is InChI=1S/C10H12BrN3S/c1-7(9-5-8(11)6-15-9)12-10-3-4-14(2)13-10/h3-7H,1-2H3,(H,12,13). The van der Waals surface area contributed by atoms with E-state index >= 15 is 0 Å². The van der Waals surface area contributed by atoms with Gasteiger partial charge in [-0.1, -0.05) is 0 Å². The van der Waals surface area contributed by atoms with Crippen molar-refractivity contribution < 1.29 is 0 Å². The summed E-state index contributed by atoms with van der Waals surface area (Å²) in [6, 6.07) is 4.39. The molecule has 2 heterocycles. The molecule has 1 atom stereocenters. The minimum atomic E-state index is 0.288. The van der Waals surface area contributed by atoms with Crippen LogP contribution in [-0.2, 0) is 7.05 Å². The summed E-state index contributed by atoms with van der Waals surface area (Å²) in [7, 11) is 1.91. The lowest BCUT2D eigenvalue weighted by Crippen LogP contribution is -2.05. The molecule has 0 radical (unpaired) electrons. The molecule has 1 unspecified atom stereocenters. The van der Waals surface area contributed by atoms with Crippen LogP contribution in [0.25, 0.3) is 0 Å². The van der Waals surface area contributed by atoms with Crippen molar-refractivity contribution in [2.24, 2.45) is 7.05 Å². The minimum absolute atomic E-state index is 0.288. The van der Waals surface area contributed by atoms with Gasteiger partial charge in [0.1, 0.15) is 5.82 Å². The number of aromatic nitrogens is 2. The van der Waals surface area contributed by atoms with Gasteiger partial charge in [-0.15, -0.1) is 11.3 Å². The number of nitrogens with zero attached hydrogens (tertiary/aromatic N) is 2. The van der Waals surface area contributed by atoms with Crippen LogP contribution >= 0.6 is 27.3 Å². The number of anilines is 1. The van der Waals surface area contributed by atoms with E-state index in [0.29, 0.717) is 0 Å². The van der Waals surface area contributed by atoms with Crippen LogP contribution < -0.4 is 5.32 Å². The predicted molar refractivity (Wildman–Crippen MR) is 67.3 cm³/mol. The average molecular weight is 286 g/mol. The monoisotopic (exact) mass is 285 g/mol. The molecule has 0 aliphatic rings. The molecule has 1 N–H and O–H groups in total. The van der Waals surface area contributed by atoms with Crippen LogP contribution in [0.5, 0.6) is 0 Å². The minimum Gasteiger partial charge on any atom is -0.361 e. The van der Waals surface area contributed by atoms with E-state index < -0.39 is 0 Å². The van der Waals surface area contributed by atoms with E-state index in [4.69, 9.17) is 0 Å². The molecule has 0 fully saturated rings. The zero-order chi connectivity index (χ0) is 10.8. The Morgan fingerprint density at radius 1 is 1.60 bits per heavy atom. The van der Waals surface area contributed by atoms with E-state index in [1.165, 1.54) is 4.88 Å². The molecule has 80 valence electrons. The number of nitrogens with one attached hydrogen (secondary N) is 1. The van der Waals surface area contributed by atoms with Crippen molar-refractivity contribution in [1.29, 1.82) is 0 Å². The molecule has 0 aliphatic heterocycles. The quantitative estimate of drug-likeness (QED) is 0.937. The van der Waals surface area contributed by atoms with Crippen LogP contribution in [0.4, 0.5) is 5.82 Å². The molecule has 5 heteroatoms. The lowest BCUT2D eigenvalue weighted by molar-refractivity contribution is 0.761. The Hall–Kier alpha value is -0.810. The van der Waals surface area contributed by atoms with Crippen molar-refractivity contribution in [2.45, 2.75) is 13.0 Å². The van der Waals surface area contributed by atoms with Crippen molar-refractivity contribution >= 4 is 33.1 Å². The first-order chi connectivity index (χ1) is 7.15. The molecule has 0 bridgehead atoms. The average Bonchev–Trinajstić information content (AvgIpc) is 2.75. The smallest absolute Gasteiger partial charge is 0.148 e. The zero-order valence-electron chi connectivity index (χ0n) is 8.57. The summed E-state index contributed by atoms with van der Waals surface area (Å²) in [5.41, 5.74) is 0. The van der Waals surface area contributed by atoms with Crippen molar-refractivity contribution in [1.82, 2.24) is 9.78 Å². The van der Waals surface area contributed by atoms with Crippen LogP contribution in [-0.4, -0.2) is 9.78 Å². The maximum Gasteiger partial charge on any atom is 0.148 e. The van der Waals surface area contributed by atoms with Gasteiger partial charge in [0.2, 0.25) is 0 Å². The molecule has 3 nitrogen and oxygen atoms in total. The third kappa shape index (κ3) is 2.60. The fourth-order valence-electron chi connectivity index (χ4n) is 1.34. The first-order valence-electron chi connectivity index (χ1n) is 4.65. The van der Waals surface area contributed by atoms with Gasteiger partial charge in [-0.25, -0.2) is 0 Å². The largest absolute Gasteiger partial charge is 0.361 e. The normalized spacial score (nSPS) is 12.7. The Morgan fingerprint density at radius 2 is 2.40 bits per heavy atom. The first-order valence-corrected chi connectivity index (χ1v) is 6.32. The molecule has 2 rings (SSSR count). The van der Waals surface area contributed by atoms with Gasteiger partial charge in [0.05, 0.1) is 6.04 Å². The van der Waals surface area contributed by atoms with Crippen molar-refractivity contribution in [3.8, 4) is 0 Å². The third-order valence-corrected chi connectivity index (χ3v) is 3.97. The van der Waals surface area contributed by atoms with E-state index in [1.54, 1.807) is 16.0 Å². The zero-order valence-corrected chi connectivity index (χ0v) is 11.0. The Balaban J connectivity index is 2.06. The predicted octanol–water partition coefficient (Wildman–Crippen LogP) is 3.42. The fourth-order valence-corrected chi connectivity index (χ4v) is 2.79. The molecule has 0 spiro atoms. The number of rotatable bonds is 3. The first kappa shape index (κ1) is 10.7. The Labute approximate surface area is 101 Å². The molecule has 2 aromatic heterocycles. The van der Waals surface area contributed by atoms with E-state index in [1.807, 2.05) is 19.3 Å². The number of halogens is 1. The summed E-state index contributed by atoms with van der Waals surface area (Å²) >= 11 is 5.19. The van der Waals surface area contributed by atoms with Crippen LogP contribution in [0.3, 0.4) is 0 Å². The van der Waals surface area contributed by atoms with E-state index in [9.17, 15) is 0 Å². The molecule has 0 amide bonds. The van der Waals surface area contributed by atoms with Gasteiger partial charge in [0.15, 0.2) is 0 Å². The summed E-state index contributed by atoms with van der Waals surface area (Å²) < 4.78 is 2.93. The second kappa shape index (κ2) is 4.37. The maximum absolute atomic E-state index is 4.28. The number of aryl methyl sites for hydroxylation is 1. The summed E-state index contributed by atoms with van der Waals surface area (Å²) in [5.74, 6) is 0.912. The molecular weight excluding hydrogens is 274 g/mol. The van der Waals surface area contributed by atoms with Gasteiger partial charge in [0.25, 0.3) is 0 Å². The van der Waals surface area contributed by atoms with Gasteiger partial charge in [-0.05, 0) is 28.9 Å². The molecule has 2 aromatic rings. The second-order valence-corrected chi connectivity index (χ2v) is 5.27. The molecule has 0 aliphatic carbocycles. The highest BCUT2D eigenvalue weighted by molar-refractivity contribution is 9.10. The third-order valence-electron chi connectivity index (χ3n) is 2.09. The van der Waals surface area contributed by atoms with Gasteiger partial charge in [-0.3, -0.25) is 4.68 Å². The second-order valence-electron chi connectivity index (χ2n) is 3.41.